The van der Waals surface area contributed by atoms with Crippen LogP contribution in [0.2, 0.25) is 0 Å². The van der Waals surface area contributed by atoms with Gasteiger partial charge in [-0.1, -0.05) is 13.3 Å². The summed E-state index contributed by atoms with van der Waals surface area (Å²) in [6.45, 7) is 4.21. The van der Waals surface area contributed by atoms with Crippen LogP contribution in [0.25, 0.3) is 0 Å². The molecule has 0 amide bonds. The van der Waals surface area contributed by atoms with Gasteiger partial charge in [-0.25, -0.2) is 4.98 Å². The van der Waals surface area contributed by atoms with E-state index in [1.165, 1.54) is 10.6 Å². The minimum atomic E-state index is 0.934. The fourth-order valence-corrected chi connectivity index (χ4v) is 3.15. The van der Waals surface area contributed by atoms with E-state index in [0.717, 1.165) is 36.8 Å². The summed E-state index contributed by atoms with van der Waals surface area (Å²) in [5.41, 5.74) is 1.28. The molecule has 0 aliphatic heterocycles. The Bertz CT molecular complexity index is 302. The van der Waals surface area contributed by atoms with E-state index >= 15 is 0 Å². The summed E-state index contributed by atoms with van der Waals surface area (Å²) in [6.07, 6.45) is 4.39. The SMILES string of the molecule is CCCc1nc(N(C)CCSC)sc1CNC. The molecule has 0 fully saturated rings. The molecular weight excluding hydrogens is 250 g/mol. The average molecular weight is 273 g/mol. The van der Waals surface area contributed by atoms with Gasteiger partial charge in [0.05, 0.1) is 5.69 Å². The predicted molar refractivity (Wildman–Crippen MR) is 80.5 cm³/mol. The summed E-state index contributed by atoms with van der Waals surface area (Å²) in [5.74, 6) is 1.15. The molecule has 17 heavy (non-hydrogen) atoms. The maximum Gasteiger partial charge on any atom is 0.185 e. The van der Waals surface area contributed by atoms with Crippen LogP contribution in [0.15, 0.2) is 0 Å². The molecule has 0 saturated carbocycles. The van der Waals surface area contributed by atoms with Crippen LogP contribution in [0.4, 0.5) is 5.13 Å². The first kappa shape index (κ1) is 14.8. The normalized spacial score (nSPS) is 10.8. The van der Waals surface area contributed by atoms with Crippen LogP contribution in [-0.4, -0.2) is 37.6 Å². The van der Waals surface area contributed by atoms with Crippen molar-refractivity contribution in [3.8, 4) is 0 Å². The topological polar surface area (TPSA) is 28.2 Å². The van der Waals surface area contributed by atoms with Crippen LogP contribution in [0.5, 0.6) is 0 Å². The predicted octanol–water partition coefficient (Wildman–Crippen LogP) is 2.61. The van der Waals surface area contributed by atoms with Gasteiger partial charge >= 0.3 is 0 Å². The van der Waals surface area contributed by atoms with E-state index in [4.69, 9.17) is 4.98 Å². The van der Waals surface area contributed by atoms with Gasteiger partial charge in [0.25, 0.3) is 0 Å². The zero-order valence-electron chi connectivity index (χ0n) is 11.2. The van der Waals surface area contributed by atoms with Crippen molar-refractivity contribution in [1.29, 1.82) is 0 Å². The summed E-state index contributed by atoms with van der Waals surface area (Å²) in [7, 11) is 4.13. The van der Waals surface area contributed by atoms with Crippen molar-refractivity contribution < 1.29 is 0 Å². The highest BCUT2D eigenvalue weighted by Crippen LogP contribution is 2.26. The fourth-order valence-electron chi connectivity index (χ4n) is 1.59. The lowest BCUT2D eigenvalue weighted by molar-refractivity contribution is 0.797. The molecule has 0 radical (unpaired) electrons. The maximum absolute atomic E-state index is 4.77. The van der Waals surface area contributed by atoms with Crippen LogP contribution in [0.3, 0.4) is 0 Å². The zero-order valence-corrected chi connectivity index (χ0v) is 12.9. The van der Waals surface area contributed by atoms with Crippen molar-refractivity contribution in [2.75, 3.05) is 37.5 Å². The van der Waals surface area contributed by atoms with Crippen molar-refractivity contribution >= 4 is 28.2 Å². The number of aromatic nitrogens is 1. The average Bonchev–Trinajstić information content (AvgIpc) is 2.71. The standard InChI is InChI=1S/C12H23N3S2/c1-5-6-10-11(9-13-2)17-12(14-10)15(3)7-8-16-4/h13H,5-9H2,1-4H3. The second-order valence-electron chi connectivity index (χ2n) is 4.06. The lowest BCUT2D eigenvalue weighted by atomic mass is 10.2. The molecule has 98 valence electrons. The van der Waals surface area contributed by atoms with E-state index in [1.54, 1.807) is 0 Å². The number of rotatable bonds is 8. The summed E-state index contributed by atoms with van der Waals surface area (Å²) in [6, 6.07) is 0. The minimum absolute atomic E-state index is 0.934. The molecule has 5 heteroatoms. The third kappa shape index (κ3) is 4.48. The third-order valence-electron chi connectivity index (χ3n) is 2.55. The summed E-state index contributed by atoms with van der Waals surface area (Å²) >= 11 is 3.70. The van der Waals surface area contributed by atoms with Gasteiger partial charge in [0.1, 0.15) is 0 Å². The number of aryl methyl sites for hydroxylation is 1. The Morgan fingerprint density at radius 2 is 2.24 bits per heavy atom. The molecule has 1 heterocycles. The van der Waals surface area contributed by atoms with Crippen LogP contribution < -0.4 is 10.2 Å². The maximum atomic E-state index is 4.77. The van der Waals surface area contributed by atoms with E-state index in [1.807, 2.05) is 30.1 Å². The van der Waals surface area contributed by atoms with E-state index in [0.29, 0.717) is 0 Å². The number of thiazole rings is 1. The van der Waals surface area contributed by atoms with Gasteiger partial charge < -0.3 is 10.2 Å². The number of hydrogen-bond acceptors (Lipinski definition) is 5. The van der Waals surface area contributed by atoms with Crippen molar-refractivity contribution in [2.24, 2.45) is 0 Å². The number of hydrogen-bond donors (Lipinski definition) is 1. The molecule has 1 N–H and O–H groups in total. The summed E-state index contributed by atoms with van der Waals surface area (Å²) < 4.78 is 0. The number of nitrogens with zero attached hydrogens (tertiary/aromatic N) is 2. The van der Waals surface area contributed by atoms with Gasteiger partial charge in [0, 0.05) is 30.8 Å². The highest BCUT2D eigenvalue weighted by molar-refractivity contribution is 7.98. The van der Waals surface area contributed by atoms with Crippen molar-refractivity contribution in [3.63, 3.8) is 0 Å². The molecule has 0 aliphatic carbocycles. The lowest BCUT2D eigenvalue weighted by Gasteiger charge is -2.14. The van der Waals surface area contributed by atoms with E-state index < -0.39 is 0 Å². The smallest absolute Gasteiger partial charge is 0.185 e. The van der Waals surface area contributed by atoms with Crippen LogP contribution in [0.1, 0.15) is 23.9 Å². The number of anilines is 1. The van der Waals surface area contributed by atoms with E-state index in [-0.39, 0.29) is 0 Å². The molecule has 0 spiro atoms. The van der Waals surface area contributed by atoms with Gasteiger partial charge in [-0.05, 0) is 19.7 Å². The second-order valence-corrected chi connectivity index (χ2v) is 6.11. The van der Waals surface area contributed by atoms with Crippen LogP contribution in [-0.2, 0) is 13.0 Å². The minimum Gasteiger partial charge on any atom is -0.350 e. The Labute approximate surface area is 113 Å². The molecular formula is C12H23N3S2. The Morgan fingerprint density at radius 3 is 2.82 bits per heavy atom. The molecule has 0 atom stereocenters. The zero-order chi connectivity index (χ0) is 12.7. The molecule has 0 aliphatic rings. The molecule has 1 aromatic heterocycles. The molecule has 1 rings (SSSR count). The molecule has 0 unspecified atom stereocenters. The van der Waals surface area contributed by atoms with Gasteiger partial charge in [0.2, 0.25) is 0 Å². The first-order valence-corrected chi connectivity index (χ1v) is 8.27. The number of nitrogens with one attached hydrogen (secondary N) is 1. The van der Waals surface area contributed by atoms with Crippen LogP contribution in [0, 0.1) is 0 Å². The molecule has 0 bridgehead atoms. The molecule has 0 saturated heterocycles. The quantitative estimate of drug-likeness (QED) is 0.788. The van der Waals surface area contributed by atoms with Gasteiger partial charge in [0.15, 0.2) is 5.13 Å². The van der Waals surface area contributed by atoms with E-state index in [9.17, 15) is 0 Å². The fraction of sp³-hybridized carbons (Fsp3) is 0.750. The summed E-state index contributed by atoms with van der Waals surface area (Å²) in [5, 5.41) is 4.39. The molecule has 3 nitrogen and oxygen atoms in total. The second kappa shape index (κ2) is 7.95. The largest absolute Gasteiger partial charge is 0.350 e. The van der Waals surface area contributed by atoms with E-state index in [2.05, 4.69) is 30.4 Å². The Balaban J connectivity index is 2.75. The van der Waals surface area contributed by atoms with Crippen molar-refractivity contribution in [2.45, 2.75) is 26.3 Å². The van der Waals surface area contributed by atoms with Crippen molar-refractivity contribution in [3.05, 3.63) is 10.6 Å². The van der Waals surface area contributed by atoms with Gasteiger partial charge in [-0.3, -0.25) is 0 Å². The molecule has 0 aromatic carbocycles. The Morgan fingerprint density at radius 1 is 1.47 bits per heavy atom. The summed E-state index contributed by atoms with van der Waals surface area (Å²) in [4.78, 5) is 8.42. The Hall–Kier alpha value is -0.260. The lowest BCUT2D eigenvalue weighted by Crippen LogP contribution is -2.19. The number of thioether (sulfide) groups is 1. The van der Waals surface area contributed by atoms with Crippen molar-refractivity contribution in [1.82, 2.24) is 10.3 Å². The first-order chi connectivity index (χ1) is 8.22. The third-order valence-corrected chi connectivity index (χ3v) is 4.35. The first-order valence-electron chi connectivity index (χ1n) is 6.06. The van der Waals surface area contributed by atoms with Gasteiger partial charge in [-0.2, -0.15) is 11.8 Å². The monoisotopic (exact) mass is 273 g/mol. The Kier molecular flexibility index (Phi) is 6.92. The van der Waals surface area contributed by atoms with Crippen LogP contribution >= 0.6 is 23.1 Å². The molecule has 1 aromatic rings. The van der Waals surface area contributed by atoms with Gasteiger partial charge in [-0.15, -0.1) is 11.3 Å². The highest BCUT2D eigenvalue weighted by Gasteiger charge is 2.12. The highest BCUT2D eigenvalue weighted by atomic mass is 32.2.